The number of rotatable bonds is 4. The molecule has 0 atom stereocenters. The van der Waals surface area contributed by atoms with Crippen LogP contribution in [0.3, 0.4) is 0 Å². The molecule has 0 aliphatic rings. The van der Waals surface area contributed by atoms with Crippen LogP contribution >= 0.6 is 15.9 Å². The van der Waals surface area contributed by atoms with Gasteiger partial charge in [0.05, 0.1) is 10.8 Å². The van der Waals surface area contributed by atoms with Crippen LogP contribution in [0.4, 0.5) is 5.69 Å². The van der Waals surface area contributed by atoms with E-state index in [0.717, 1.165) is 17.0 Å². The van der Waals surface area contributed by atoms with Gasteiger partial charge in [-0.15, -0.1) is 0 Å². The Balaban J connectivity index is 2.12. The highest BCUT2D eigenvalue weighted by molar-refractivity contribution is 9.10. The van der Waals surface area contributed by atoms with Crippen LogP contribution in [0.25, 0.3) is 0 Å². The summed E-state index contributed by atoms with van der Waals surface area (Å²) in [7, 11) is 0. The van der Waals surface area contributed by atoms with Crippen LogP contribution in [0.15, 0.2) is 59.3 Å². The van der Waals surface area contributed by atoms with Crippen LogP contribution in [0, 0.1) is 10.1 Å². The monoisotopic (exact) mass is 345 g/mol. The van der Waals surface area contributed by atoms with Gasteiger partial charge in [-0.25, -0.2) is 0 Å². The Morgan fingerprint density at radius 2 is 1.67 bits per heavy atom. The molecule has 2 N–H and O–H groups in total. The first-order valence-electron chi connectivity index (χ1n) is 6.37. The number of halogens is 1. The number of hydrogen-bond donors (Lipinski definition) is 2. The van der Waals surface area contributed by atoms with Crippen molar-refractivity contribution in [3.05, 3.63) is 86.4 Å². The number of H-pyrrole nitrogens is 2. The van der Waals surface area contributed by atoms with Gasteiger partial charge in [0, 0.05) is 40.4 Å². The van der Waals surface area contributed by atoms with Crippen molar-refractivity contribution in [1.82, 2.24) is 9.97 Å². The second-order valence-electron chi connectivity index (χ2n) is 4.65. The molecule has 0 spiro atoms. The maximum Gasteiger partial charge on any atom is 0.270 e. The first-order valence-corrected chi connectivity index (χ1v) is 7.16. The highest BCUT2D eigenvalue weighted by atomic mass is 79.9. The van der Waals surface area contributed by atoms with Gasteiger partial charge in [-0.1, -0.05) is 22.0 Å². The number of benzene rings is 1. The van der Waals surface area contributed by atoms with Gasteiger partial charge in [0.25, 0.3) is 5.69 Å². The van der Waals surface area contributed by atoms with E-state index in [1.165, 1.54) is 12.1 Å². The molecular formula is C15H12BrN3O2. The van der Waals surface area contributed by atoms with Crippen molar-refractivity contribution in [2.45, 2.75) is 5.92 Å². The summed E-state index contributed by atoms with van der Waals surface area (Å²) < 4.78 is 0.714. The van der Waals surface area contributed by atoms with E-state index in [0.29, 0.717) is 4.47 Å². The summed E-state index contributed by atoms with van der Waals surface area (Å²) >= 11 is 3.45. The Labute approximate surface area is 129 Å². The van der Waals surface area contributed by atoms with Gasteiger partial charge in [-0.3, -0.25) is 10.1 Å². The summed E-state index contributed by atoms with van der Waals surface area (Å²) in [5.74, 6) is -0.0369. The number of nitro groups is 1. The fourth-order valence-corrected chi connectivity index (χ4v) is 3.01. The molecule has 106 valence electrons. The maximum atomic E-state index is 10.9. The fourth-order valence-electron chi connectivity index (χ4n) is 2.41. The molecule has 5 nitrogen and oxygen atoms in total. The lowest BCUT2D eigenvalue weighted by Crippen LogP contribution is -2.05. The number of nitrogens with one attached hydrogen (secondary N) is 2. The van der Waals surface area contributed by atoms with Crippen molar-refractivity contribution >= 4 is 21.6 Å². The maximum absolute atomic E-state index is 10.9. The number of hydrogen-bond acceptors (Lipinski definition) is 2. The Kier molecular flexibility index (Phi) is 3.62. The van der Waals surface area contributed by atoms with Gasteiger partial charge in [0.1, 0.15) is 0 Å². The Morgan fingerprint density at radius 1 is 1.05 bits per heavy atom. The van der Waals surface area contributed by atoms with Gasteiger partial charge in [-0.05, 0) is 29.8 Å². The lowest BCUT2D eigenvalue weighted by molar-refractivity contribution is -0.384. The van der Waals surface area contributed by atoms with Crippen LogP contribution in [0.2, 0.25) is 0 Å². The lowest BCUT2D eigenvalue weighted by atomic mass is 9.92. The van der Waals surface area contributed by atoms with E-state index in [1.54, 1.807) is 6.07 Å². The largest absolute Gasteiger partial charge is 0.364 e. The van der Waals surface area contributed by atoms with E-state index in [2.05, 4.69) is 25.9 Å². The topological polar surface area (TPSA) is 74.7 Å². The summed E-state index contributed by atoms with van der Waals surface area (Å²) in [6.45, 7) is 0. The molecule has 0 amide bonds. The third-order valence-electron chi connectivity index (χ3n) is 3.37. The molecule has 0 saturated heterocycles. The molecular weight excluding hydrogens is 334 g/mol. The molecule has 0 fully saturated rings. The molecule has 0 saturated carbocycles. The molecule has 3 aromatic rings. The molecule has 1 aromatic carbocycles. The van der Waals surface area contributed by atoms with Crippen LogP contribution in [0.5, 0.6) is 0 Å². The number of aromatic amines is 2. The zero-order chi connectivity index (χ0) is 14.8. The first-order chi connectivity index (χ1) is 10.2. The summed E-state index contributed by atoms with van der Waals surface area (Å²) in [5.41, 5.74) is 3.08. The standard InChI is InChI=1S/C15H12BrN3O2/c16-12-9-10(19(20)21)5-6-11(12)15(13-3-1-7-17-13)14-4-2-8-18-14/h1-9,15,17-18H. The summed E-state index contributed by atoms with van der Waals surface area (Å²) in [4.78, 5) is 16.9. The van der Waals surface area contributed by atoms with Gasteiger partial charge in [0.2, 0.25) is 0 Å². The molecule has 2 heterocycles. The third-order valence-corrected chi connectivity index (χ3v) is 4.06. The highest BCUT2D eigenvalue weighted by Gasteiger charge is 2.22. The second-order valence-corrected chi connectivity index (χ2v) is 5.50. The van der Waals surface area contributed by atoms with Crippen LogP contribution in [0.1, 0.15) is 22.9 Å². The minimum Gasteiger partial charge on any atom is -0.364 e. The summed E-state index contributed by atoms with van der Waals surface area (Å²) in [6, 6.07) is 12.7. The highest BCUT2D eigenvalue weighted by Crippen LogP contribution is 2.36. The van der Waals surface area contributed by atoms with Crippen molar-refractivity contribution in [2.24, 2.45) is 0 Å². The average molecular weight is 346 g/mol. The van der Waals surface area contributed by atoms with E-state index >= 15 is 0 Å². The van der Waals surface area contributed by atoms with Crippen molar-refractivity contribution < 1.29 is 4.92 Å². The smallest absolute Gasteiger partial charge is 0.270 e. The molecule has 6 heteroatoms. The minimum absolute atomic E-state index is 0.0369. The minimum atomic E-state index is -0.396. The second kappa shape index (κ2) is 5.57. The Hall–Kier alpha value is -2.34. The first kappa shape index (κ1) is 13.6. The van der Waals surface area contributed by atoms with E-state index in [4.69, 9.17) is 0 Å². The zero-order valence-corrected chi connectivity index (χ0v) is 12.5. The normalized spacial score (nSPS) is 11.0. The summed E-state index contributed by atoms with van der Waals surface area (Å²) in [6.07, 6.45) is 3.73. The third kappa shape index (κ3) is 2.62. The number of nitro benzene ring substituents is 1. The zero-order valence-electron chi connectivity index (χ0n) is 10.9. The van der Waals surface area contributed by atoms with Gasteiger partial charge in [0.15, 0.2) is 0 Å². The molecule has 0 aliphatic heterocycles. The van der Waals surface area contributed by atoms with Gasteiger partial charge < -0.3 is 9.97 Å². The van der Waals surface area contributed by atoms with Gasteiger partial charge >= 0.3 is 0 Å². The molecule has 0 radical (unpaired) electrons. The predicted octanol–water partition coefficient (Wildman–Crippen LogP) is 4.19. The van der Waals surface area contributed by atoms with E-state index in [9.17, 15) is 10.1 Å². The van der Waals surface area contributed by atoms with Crippen LogP contribution in [-0.4, -0.2) is 14.9 Å². The molecule has 0 aliphatic carbocycles. The number of nitrogens with zero attached hydrogens (tertiary/aromatic N) is 1. The quantitative estimate of drug-likeness (QED) is 0.549. The lowest BCUT2D eigenvalue weighted by Gasteiger charge is -2.17. The predicted molar refractivity (Wildman–Crippen MR) is 83.3 cm³/mol. The fraction of sp³-hybridized carbons (Fsp3) is 0.0667. The van der Waals surface area contributed by atoms with Crippen molar-refractivity contribution in [2.75, 3.05) is 0 Å². The van der Waals surface area contributed by atoms with E-state index in [-0.39, 0.29) is 11.6 Å². The molecule has 3 rings (SSSR count). The van der Waals surface area contributed by atoms with Crippen LogP contribution < -0.4 is 0 Å². The number of non-ortho nitro benzene ring substituents is 1. The molecule has 2 aromatic heterocycles. The molecule has 0 bridgehead atoms. The molecule has 21 heavy (non-hydrogen) atoms. The Morgan fingerprint density at radius 3 is 2.10 bits per heavy atom. The van der Waals surface area contributed by atoms with Gasteiger partial charge in [-0.2, -0.15) is 0 Å². The summed E-state index contributed by atoms with van der Waals surface area (Å²) in [5, 5.41) is 10.9. The van der Waals surface area contributed by atoms with Crippen LogP contribution in [-0.2, 0) is 0 Å². The SMILES string of the molecule is O=[N+]([O-])c1ccc(C(c2ccc[nH]2)c2ccc[nH]2)c(Br)c1. The van der Waals surface area contributed by atoms with Crippen molar-refractivity contribution in [3.8, 4) is 0 Å². The molecule has 0 unspecified atom stereocenters. The van der Waals surface area contributed by atoms with E-state index in [1.807, 2.05) is 36.7 Å². The van der Waals surface area contributed by atoms with Crippen molar-refractivity contribution in [3.63, 3.8) is 0 Å². The van der Waals surface area contributed by atoms with E-state index < -0.39 is 4.92 Å². The Bertz CT molecular complexity index is 717. The average Bonchev–Trinajstić information content (AvgIpc) is 3.14. The number of aromatic nitrogens is 2. The van der Waals surface area contributed by atoms with Crippen molar-refractivity contribution in [1.29, 1.82) is 0 Å².